The minimum absolute atomic E-state index is 0.155. The number of carbonyl (C=O) groups excluding carboxylic acids is 1. The van der Waals surface area contributed by atoms with Gasteiger partial charge in [-0.25, -0.2) is 0 Å². The largest absolute Gasteiger partial charge is 0.394 e. The number of aliphatic hydroxyl groups excluding tert-OH is 3. The van der Waals surface area contributed by atoms with Crippen LogP contribution < -0.4 is 5.32 Å². The Morgan fingerprint density at radius 3 is 1.03 bits per heavy atom. The molecular weight excluding hydrogens is 727 g/mol. The van der Waals surface area contributed by atoms with Crippen molar-refractivity contribution in [2.75, 3.05) is 6.61 Å². The second-order valence-corrected chi connectivity index (χ2v) is 18.4. The van der Waals surface area contributed by atoms with Crippen molar-refractivity contribution in [3.63, 3.8) is 0 Å². The fourth-order valence-corrected chi connectivity index (χ4v) is 8.42. The fraction of sp³-hybridized carbons (Fsp3) is 0.907. The smallest absolute Gasteiger partial charge is 0.220 e. The van der Waals surface area contributed by atoms with Gasteiger partial charge in [-0.1, -0.05) is 263 Å². The predicted octanol–water partition coefficient (Wildman–Crippen LogP) is 16.1. The van der Waals surface area contributed by atoms with E-state index in [1.165, 1.54) is 212 Å². The number of carbonyl (C=O) groups is 1. The van der Waals surface area contributed by atoms with Crippen LogP contribution in [0.1, 0.15) is 290 Å². The molecule has 0 rings (SSSR count). The Hall–Kier alpha value is -1.17. The van der Waals surface area contributed by atoms with Gasteiger partial charge in [-0.05, 0) is 44.9 Å². The molecule has 0 bridgehead atoms. The van der Waals surface area contributed by atoms with Crippen LogP contribution in [0, 0.1) is 0 Å². The van der Waals surface area contributed by atoms with Crippen molar-refractivity contribution in [1.82, 2.24) is 5.32 Å². The Morgan fingerprint density at radius 2 is 0.712 bits per heavy atom. The summed E-state index contributed by atoms with van der Waals surface area (Å²) in [6.45, 7) is 4.10. The molecule has 0 aliphatic carbocycles. The second kappa shape index (κ2) is 49.5. The molecule has 5 heteroatoms. The third-order valence-corrected chi connectivity index (χ3v) is 12.5. The molecule has 0 aromatic heterocycles. The highest BCUT2D eigenvalue weighted by molar-refractivity contribution is 5.76. The summed E-state index contributed by atoms with van der Waals surface area (Å²) in [5.74, 6) is -0.155. The van der Waals surface area contributed by atoms with E-state index in [1.807, 2.05) is 0 Å². The lowest BCUT2D eigenvalue weighted by molar-refractivity contribution is -0.124. The lowest BCUT2D eigenvalue weighted by Gasteiger charge is -2.26. The summed E-state index contributed by atoms with van der Waals surface area (Å²) >= 11 is 0. The van der Waals surface area contributed by atoms with Crippen LogP contribution in [0.4, 0.5) is 0 Å². The van der Waals surface area contributed by atoms with Gasteiger partial charge in [0.15, 0.2) is 0 Å². The zero-order chi connectivity index (χ0) is 43.0. The number of hydrogen-bond donors (Lipinski definition) is 4. The SMILES string of the molecule is CCC/C=C/CC/C=C/CCCC(O)C(O)C(CO)NC(=O)CCCCCCCCCCCCCCCCCCCCCCCCCCCCCCCCCCCCC. The summed E-state index contributed by atoms with van der Waals surface area (Å²) in [6.07, 6.45) is 62.2. The van der Waals surface area contributed by atoms with E-state index in [0.29, 0.717) is 12.8 Å². The van der Waals surface area contributed by atoms with Crippen LogP contribution >= 0.6 is 0 Å². The molecule has 0 saturated heterocycles. The Kier molecular flexibility index (Phi) is 48.5. The quantitative estimate of drug-likeness (QED) is 0.0363. The third kappa shape index (κ3) is 44.7. The highest BCUT2D eigenvalue weighted by atomic mass is 16.3. The molecule has 0 aliphatic rings. The third-order valence-electron chi connectivity index (χ3n) is 12.5. The molecule has 4 N–H and O–H groups in total. The van der Waals surface area contributed by atoms with E-state index in [9.17, 15) is 20.1 Å². The number of aliphatic hydroxyl groups is 3. The molecule has 3 unspecified atom stereocenters. The molecule has 0 aliphatic heterocycles. The van der Waals surface area contributed by atoms with Gasteiger partial charge in [0.25, 0.3) is 0 Å². The van der Waals surface area contributed by atoms with Crippen LogP contribution in [0.2, 0.25) is 0 Å². The van der Waals surface area contributed by atoms with E-state index in [-0.39, 0.29) is 12.5 Å². The first kappa shape index (κ1) is 57.8. The average molecular weight is 832 g/mol. The number of hydrogen-bond acceptors (Lipinski definition) is 4. The summed E-state index contributed by atoms with van der Waals surface area (Å²) in [5, 5.41) is 33.4. The van der Waals surface area contributed by atoms with Crippen molar-refractivity contribution < 1.29 is 20.1 Å². The van der Waals surface area contributed by atoms with Crippen LogP contribution in [0.25, 0.3) is 0 Å². The van der Waals surface area contributed by atoms with E-state index in [4.69, 9.17) is 0 Å². The maximum Gasteiger partial charge on any atom is 0.220 e. The number of unbranched alkanes of at least 4 members (excludes halogenated alkanes) is 37. The van der Waals surface area contributed by atoms with Crippen molar-refractivity contribution in [2.24, 2.45) is 0 Å². The Balaban J connectivity index is 3.41. The molecule has 3 atom stereocenters. The van der Waals surface area contributed by atoms with Crippen molar-refractivity contribution in [1.29, 1.82) is 0 Å². The van der Waals surface area contributed by atoms with Crippen molar-refractivity contribution in [2.45, 2.75) is 308 Å². The van der Waals surface area contributed by atoms with Crippen LogP contribution in [-0.2, 0) is 4.79 Å². The highest BCUT2D eigenvalue weighted by Gasteiger charge is 2.26. The molecule has 350 valence electrons. The maximum atomic E-state index is 12.4. The van der Waals surface area contributed by atoms with E-state index in [1.54, 1.807) is 0 Å². The molecule has 5 nitrogen and oxygen atoms in total. The molecule has 0 aromatic rings. The first-order chi connectivity index (χ1) is 29.1. The van der Waals surface area contributed by atoms with Crippen molar-refractivity contribution >= 4 is 5.91 Å². The number of allylic oxidation sites excluding steroid dienone is 4. The van der Waals surface area contributed by atoms with E-state index in [2.05, 4.69) is 43.5 Å². The standard InChI is InChI=1S/C54H105NO4/c1-3-5-7-9-11-13-15-16-17-18-19-20-21-22-23-24-25-26-27-28-29-30-31-32-33-34-35-36-37-38-39-41-43-45-47-49-53(58)55-51(50-56)54(59)52(57)48-46-44-42-40-14-12-10-8-6-4-2/h8,10,40,42,51-52,54,56-57,59H,3-7,9,11-39,41,43-50H2,1-2H3,(H,55,58)/b10-8+,42-40+. The van der Waals surface area contributed by atoms with Gasteiger partial charge in [-0.15, -0.1) is 0 Å². The minimum Gasteiger partial charge on any atom is -0.394 e. The van der Waals surface area contributed by atoms with E-state index in [0.717, 1.165) is 51.4 Å². The molecule has 0 radical (unpaired) electrons. The Bertz CT molecular complexity index is 874. The average Bonchev–Trinajstić information content (AvgIpc) is 3.24. The summed E-state index contributed by atoms with van der Waals surface area (Å²) in [4.78, 5) is 12.4. The number of rotatable bonds is 49. The van der Waals surface area contributed by atoms with Gasteiger partial charge in [0.2, 0.25) is 5.91 Å². The molecule has 0 aromatic carbocycles. The van der Waals surface area contributed by atoms with Crippen molar-refractivity contribution in [3.8, 4) is 0 Å². The zero-order valence-corrected chi connectivity index (χ0v) is 39.9. The lowest BCUT2D eigenvalue weighted by Crippen LogP contribution is -2.50. The summed E-state index contributed by atoms with van der Waals surface area (Å²) in [7, 11) is 0. The molecule has 0 saturated carbocycles. The van der Waals surface area contributed by atoms with Gasteiger partial charge in [-0.3, -0.25) is 4.79 Å². The van der Waals surface area contributed by atoms with Gasteiger partial charge in [0.1, 0.15) is 6.10 Å². The molecule has 59 heavy (non-hydrogen) atoms. The van der Waals surface area contributed by atoms with Crippen LogP contribution in [0.5, 0.6) is 0 Å². The normalized spacial score (nSPS) is 13.5. The summed E-state index contributed by atoms with van der Waals surface area (Å²) < 4.78 is 0. The highest BCUT2D eigenvalue weighted by Crippen LogP contribution is 2.18. The van der Waals surface area contributed by atoms with Gasteiger partial charge >= 0.3 is 0 Å². The van der Waals surface area contributed by atoms with Gasteiger partial charge in [0, 0.05) is 6.42 Å². The summed E-state index contributed by atoms with van der Waals surface area (Å²) in [6, 6.07) is -0.828. The van der Waals surface area contributed by atoms with E-state index >= 15 is 0 Å². The van der Waals surface area contributed by atoms with Gasteiger partial charge < -0.3 is 20.6 Å². The molecule has 0 heterocycles. The van der Waals surface area contributed by atoms with E-state index < -0.39 is 18.2 Å². The topological polar surface area (TPSA) is 89.8 Å². The maximum absolute atomic E-state index is 12.4. The second-order valence-electron chi connectivity index (χ2n) is 18.4. The molecule has 0 spiro atoms. The predicted molar refractivity (Wildman–Crippen MR) is 259 cm³/mol. The van der Waals surface area contributed by atoms with Crippen molar-refractivity contribution in [3.05, 3.63) is 24.3 Å². The zero-order valence-electron chi connectivity index (χ0n) is 39.9. The van der Waals surface area contributed by atoms with Gasteiger partial charge in [0.05, 0.1) is 18.8 Å². The molecule has 1 amide bonds. The van der Waals surface area contributed by atoms with Crippen LogP contribution in [0.3, 0.4) is 0 Å². The molecular formula is C54H105NO4. The van der Waals surface area contributed by atoms with Crippen LogP contribution in [0.15, 0.2) is 24.3 Å². The fourth-order valence-electron chi connectivity index (χ4n) is 8.42. The first-order valence-electron chi connectivity index (χ1n) is 26.6. The Labute approximate surface area is 369 Å². The lowest BCUT2D eigenvalue weighted by atomic mass is 10.0. The number of amides is 1. The number of nitrogens with one attached hydrogen (secondary N) is 1. The monoisotopic (exact) mass is 832 g/mol. The van der Waals surface area contributed by atoms with Gasteiger partial charge in [-0.2, -0.15) is 0 Å². The van der Waals surface area contributed by atoms with Crippen LogP contribution in [-0.4, -0.2) is 46.1 Å². The summed E-state index contributed by atoms with van der Waals surface area (Å²) in [5.41, 5.74) is 0. The first-order valence-corrected chi connectivity index (χ1v) is 26.6. The minimum atomic E-state index is -1.16. The Morgan fingerprint density at radius 1 is 0.407 bits per heavy atom. The molecule has 0 fully saturated rings.